The topological polar surface area (TPSA) is 67.4 Å². The molecule has 212 valence electrons. The summed E-state index contributed by atoms with van der Waals surface area (Å²) in [5, 5.41) is 5.79. The summed E-state index contributed by atoms with van der Waals surface area (Å²) in [6, 6.07) is 8.98. The van der Waals surface area contributed by atoms with Crippen LogP contribution < -0.4 is 10.6 Å². The van der Waals surface area contributed by atoms with Crippen LogP contribution in [0.3, 0.4) is 0 Å². The molecule has 0 unspecified atom stereocenters. The molecule has 0 bridgehead atoms. The molecule has 0 aliphatic heterocycles. The summed E-state index contributed by atoms with van der Waals surface area (Å²) in [5.41, 5.74) is 0.922. The van der Waals surface area contributed by atoms with E-state index in [0.29, 0.717) is 6.54 Å². The molecule has 0 aliphatic carbocycles. The fourth-order valence-corrected chi connectivity index (χ4v) is 4.59. The van der Waals surface area contributed by atoms with E-state index in [1.807, 2.05) is 44.2 Å². The normalized spacial score (nSPS) is 12.6. The van der Waals surface area contributed by atoms with Gasteiger partial charge in [0.05, 0.1) is 0 Å². The summed E-state index contributed by atoms with van der Waals surface area (Å²) in [6.07, 6.45) is 21.6. The zero-order valence-corrected chi connectivity index (χ0v) is 24.2. The lowest BCUT2D eigenvalue weighted by Crippen LogP contribution is -2.50. The average Bonchev–Trinajstić information content (AvgIpc) is 2.92. The molecule has 0 saturated carbocycles. The minimum Gasteiger partial charge on any atom is -0.445 e. The second kappa shape index (κ2) is 23.1. The lowest BCUT2D eigenvalue weighted by molar-refractivity contribution is -0.124. The van der Waals surface area contributed by atoms with Crippen molar-refractivity contribution in [3.8, 4) is 0 Å². The van der Waals surface area contributed by atoms with Crippen molar-refractivity contribution in [2.75, 3.05) is 6.54 Å². The van der Waals surface area contributed by atoms with E-state index in [4.69, 9.17) is 4.74 Å². The molecule has 37 heavy (non-hydrogen) atoms. The largest absolute Gasteiger partial charge is 0.445 e. The van der Waals surface area contributed by atoms with Crippen molar-refractivity contribution in [1.82, 2.24) is 10.6 Å². The van der Waals surface area contributed by atoms with Gasteiger partial charge in [-0.3, -0.25) is 4.79 Å². The molecule has 0 aliphatic rings. The maximum atomic E-state index is 12.7. The fraction of sp³-hybridized carbons (Fsp3) is 0.750. The number of nitrogens with one attached hydrogen (secondary N) is 2. The zero-order chi connectivity index (χ0) is 27.0. The van der Waals surface area contributed by atoms with E-state index in [-0.39, 0.29) is 18.4 Å². The molecule has 5 heteroatoms. The van der Waals surface area contributed by atoms with Crippen LogP contribution in [-0.2, 0) is 16.1 Å². The predicted octanol–water partition coefficient (Wildman–Crippen LogP) is 8.71. The molecule has 0 saturated heterocycles. The fourth-order valence-electron chi connectivity index (χ4n) is 4.59. The Hall–Kier alpha value is -2.04. The van der Waals surface area contributed by atoms with E-state index in [2.05, 4.69) is 17.6 Å². The summed E-state index contributed by atoms with van der Waals surface area (Å²) < 4.78 is 5.31. The van der Waals surface area contributed by atoms with Gasteiger partial charge in [0.25, 0.3) is 0 Å². The van der Waals surface area contributed by atoms with Gasteiger partial charge in [-0.15, -0.1) is 0 Å². The first kappa shape index (κ1) is 33.0. The van der Waals surface area contributed by atoms with E-state index in [9.17, 15) is 9.59 Å². The molecule has 1 aromatic carbocycles. The molecule has 2 atom stereocenters. The van der Waals surface area contributed by atoms with Gasteiger partial charge in [-0.1, -0.05) is 154 Å². The second-order valence-corrected chi connectivity index (χ2v) is 10.7. The first-order valence-electron chi connectivity index (χ1n) is 15.3. The van der Waals surface area contributed by atoms with Gasteiger partial charge < -0.3 is 15.4 Å². The van der Waals surface area contributed by atoms with Gasteiger partial charge in [-0.05, 0) is 17.9 Å². The first-order chi connectivity index (χ1) is 18.1. The van der Waals surface area contributed by atoms with Crippen molar-refractivity contribution < 1.29 is 14.3 Å². The van der Waals surface area contributed by atoms with Gasteiger partial charge in [0.15, 0.2) is 0 Å². The maximum Gasteiger partial charge on any atom is 0.408 e. The lowest BCUT2D eigenvalue weighted by atomic mass is 9.98. The van der Waals surface area contributed by atoms with Crippen molar-refractivity contribution in [3.05, 3.63) is 35.9 Å². The molecule has 0 spiro atoms. The number of benzene rings is 1. The third-order valence-electron chi connectivity index (χ3n) is 7.31. The molecular weight excluding hydrogens is 460 g/mol. The van der Waals surface area contributed by atoms with Crippen molar-refractivity contribution in [3.63, 3.8) is 0 Å². The van der Waals surface area contributed by atoms with E-state index < -0.39 is 12.1 Å². The number of ether oxygens (including phenoxy) is 1. The quantitative estimate of drug-likeness (QED) is 0.143. The van der Waals surface area contributed by atoms with Gasteiger partial charge >= 0.3 is 6.09 Å². The number of carbonyl (C=O) groups is 2. The summed E-state index contributed by atoms with van der Waals surface area (Å²) in [5.74, 6) is -0.0814. The van der Waals surface area contributed by atoms with Crippen LogP contribution in [0.2, 0.25) is 0 Å². The smallest absolute Gasteiger partial charge is 0.408 e. The molecule has 2 amide bonds. The minimum absolute atomic E-state index is 0.0371. The van der Waals surface area contributed by atoms with Crippen LogP contribution in [-0.4, -0.2) is 24.6 Å². The lowest BCUT2D eigenvalue weighted by Gasteiger charge is -2.23. The Balaban J connectivity index is 2.04. The van der Waals surface area contributed by atoms with Gasteiger partial charge in [0, 0.05) is 6.54 Å². The summed E-state index contributed by atoms with van der Waals surface area (Å²) in [6.45, 7) is 7.14. The molecule has 2 N–H and O–H groups in total. The molecular formula is C32H56N2O3. The van der Waals surface area contributed by atoms with Crippen LogP contribution >= 0.6 is 0 Å². The third-order valence-corrected chi connectivity index (χ3v) is 7.31. The third kappa shape index (κ3) is 18.0. The van der Waals surface area contributed by atoms with E-state index in [1.165, 1.54) is 89.9 Å². The highest BCUT2D eigenvalue weighted by Gasteiger charge is 2.26. The first-order valence-corrected chi connectivity index (χ1v) is 15.3. The van der Waals surface area contributed by atoms with Crippen molar-refractivity contribution >= 4 is 12.0 Å². The second-order valence-electron chi connectivity index (χ2n) is 10.7. The highest BCUT2D eigenvalue weighted by Crippen LogP contribution is 2.14. The number of hydrogen-bond donors (Lipinski definition) is 2. The van der Waals surface area contributed by atoms with E-state index >= 15 is 0 Å². The van der Waals surface area contributed by atoms with Gasteiger partial charge in [0.1, 0.15) is 12.6 Å². The molecule has 0 fully saturated rings. The highest BCUT2D eigenvalue weighted by atomic mass is 16.5. The molecule has 5 nitrogen and oxygen atoms in total. The number of unbranched alkanes of at least 4 members (excludes halogenated alkanes) is 15. The molecule has 0 radical (unpaired) electrons. The van der Waals surface area contributed by atoms with Crippen LogP contribution in [0, 0.1) is 5.92 Å². The van der Waals surface area contributed by atoms with Crippen LogP contribution in [0.1, 0.15) is 135 Å². The van der Waals surface area contributed by atoms with Crippen molar-refractivity contribution in [1.29, 1.82) is 0 Å². The zero-order valence-electron chi connectivity index (χ0n) is 24.2. The van der Waals surface area contributed by atoms with E-state index in [0.717, 1.165) is 24.8 Å². The van der Waals surface area contributed by atoms with Gasteiger partial charge in [-0.2, -0.15) is 0 Å². The number of carbonyl (C=O) groups excluding carboxylic acids is 2. The predicted molar refractivity (Wildman–Crippen MR) is 156 cm³/mol. The van der Waals surface area contributed by atoms with Crippen molar-refractivity contribution in [2.45, 2.75) is 143 Å². The number of alkyl carbamates (subject to hydrolysis) is 1. The Morgan fingerprint density at radius 2 is 1.22 bits per heavy atom. The van der Waals surface area contributed by atoms with Gasteiger partial charge in [0.2, 0.25) is 5.91 Å². The SMILES string of the molecule is CCCCCCCCCCCCCCCCCCNC(=O)[C@H](NC(=O)OCc1ccccc1)[C@H](C)CC. The van der Waals surface area contributed by atoms with Crippen LogP contribution in [0.25, 0.3) is 0 Å². The molecule has 0 heterocycles. The van der Waals surface area contributed by atoms with Crippen LogP contribution in [0.15, 0.2) is 30.3 Å². The van der Waals surface area contributed by atoms with Crippen molar-refractivity contribution in [2.24, 2.45) is 5.92 Å². The molecule has 1 rings (SSSR count). The van der Waals surface area contributed by atoms with Crippen LogP contribution in [0.5, 0.6) is 0 Å². The highest BCUT2D eigenvalue weighted by molar-refractivity contribution is 5.85. The standard InChI is InChI=1S/C32H56N2O3/c1-4-6-7-8-9-10-11-12-13-14-15-16-17-18-19-23-26-33-31(35)30(28(3)5-2)34-32(36)37-27-29-24-21-20-22-25-29/h20-22,24-25,28,30H,4-19,23,26-27H2,1-3H3,(H,33,35)(H,34,36)/t28-,30-/m1/s1. The van der Waals surface area contributed by atoms with Gasteiger partial charge in [-0.25, -0.2) is 4.79 Å². The Kier molecular flexibility index (Phi) is 20.6. The summed E-state index contributed by atoms with van der Waals surface area (Å²) in [7, 11) is 0. The number of hydrogen-bond acceptors (Lipinski definition) is 3. The Morgan fingerprint density at radius 3 is 1.70 bits per heavy atom. The Morgan fingerprint density at radius 1 is 0.730 bits per heavy atom. The molecule has 0 aromatic heterocycles. The average molecular weight is 517 g/mol. The van der Waals surface area contributed by atoms with E-state index in [1.54, 1.807) is 0 Å². The maximum absolute atomic E-state index is 12.7. The van der Waals surface area contributed by atoms with Crippen LogP contribution in [0.4, 0.5) is 4.79 Å². The Labute approximate surface area is 227 Å². The Bertz CT molecular complexity index is 680. The number of amides is 2. The number of rotatable bonds is 23. The minimum atomic E-state index is -0.575. The molecule has 1 aromatic rings. The monoisotopic (exact) mass is 516 g/mol. The summed E-state index contributed by atoms with van der Waals surface area (Å²) in [4.78, 5) is 25.0. The summed E-state index contributed by atoms with van der Waals surface area (Å²) >= 11 is 0.